The van der Waals surface area contributed by atoms with Crippen LogP contribution in [-0.2, 0) is 0 Å². The van der Waals surface area contributed by atoms with E-state index >= 15 is 0 Å². The van der Waals surface area contributed by atoms with Gasteiger partial charge in [0.15, 0.2) is 0 Å². The number of nitrogens with zero attached hydrogens (tertiary/aromatic N) is 4. The molecule has 6 nitrogen and oxygen atoms in total. The first kappa shape index (κ1) is 11.0. The fraction of sp³-hybridized carbons (Fsp3) is 0.250. The molecule has 0 saturated heterocycles. The van der Waals surface area contributed by atoms with Crippen molar-refractivity contribution >= 4 is 34.8 Å². The maximum atomic E-state index is 5.66. The number of nitrogens with two attached hydrogens (primary N) is 1. The second-order valence-corrected chi connectivity index (χ2v) is 4.29. The van der Waals surface area contributed by atoms with Crippen LogP contribution in [-0.4, -0.2) is 19.9 Å². The van der Waals surface area contributed by atoms with E-state index in [0.717, 1.165) is 5.01 Å². The SMILES string of the molecule is CC(Nc1nc(N)nc(Cl)n1)c1nccs1. The largest absolute Gasteiger partial charge is 0.368 e. The number of nitrogen functional groups attached to an aromatic ring is 1. The van der Waals surface area contributed by atoms with Crippen molar-refractivity contribution in [3.8, 4) is 0 Å². The van der Waals surface area contributed by atoms with Gasteiger partial charge in [-0.15, -0.1) is 11.3 Å². The van der Waals surface area contributed by atoms with Crippen molar-refractivity contribution in [3.63, 3.8) is 0 Å². The third-order valence-corrected chi connectivity index (χ3v) is 2.92. The lowest BCUT2D eigenvalue weighted by molar-refractivity contribution is 0.844. The normalized spacial score (nSPS) is 12.4. The molecule has 8 heteroatoms. The topological polar surface area (TPSA) is 89.6 Å². The van der Waals surface area contributed by atoms with E-state index in [9.17, 15) is 0 Å². The summed E-state index contributed by atoms with van der Waals surface area (Å²) in [6.45, 7) is 1.95. The standard InChI is InChI=1S/C8H9ClN6S/c1-4(5-11-2-3-16-5)12-8-14-6(9)13-7(10)15-8/h2-4H,1H3,(H3,10,12,13,14,15). The molecule has 0 radical (unpaired) electrons. The Bertz CT molecular complexity index is 453. The van der Waals surface area contributed by atoms with E-state index in [1.165, 1.54) is 0 Å². The van der Waals surface area contributed by atoms with Gasteiger partial charge in [-0.25, -0.2) is 4.98 Å². The molecule has 0 amide bonds. The molecule has 1 unspecified atom stereocenters. The first-order chi connectivity index (χ1) is 7.65. The molecular weight excluding hydrogens is 248 g/mol. The average Bonchev–Trinajstić information content (AvgIpc) is 2.68. The summed E-state index contributed by atoms with van der Waals surface area (Å²) < 4.78 is 0. The minimum Gasteiger partial charge on any atom is -0.368 e. The highest BCUT2D eigenvalue weighted by atomic mass is 35.5. The van der Waals surface area contributed by atoms with Crippen molar-refractivity contribution in [1.82, 2.24) is 19.9 Å². The van der Waals surface area contributed by atoms with E-state index in [1.54, 1.807) is 17.5 Å². The second-order valence-electron chi connectivity index (χ2n) is 3.02. The Kier molecular flexibility index (Phi) is 3.16. The Morgan fingerprint density at radius 1 is 1.44 bits per heavy atom. The summed E-state index contributed by atoms with van der Waals surface area (Å²) >= 11 is 7.21. The molecule has 0 fully saturated rings. The maximum Gasteiger partial charge on any atom is 0.229 e. The summed E-state index contributed by atoms with van der Waals surface area (Å²) in [6, 6.07) is -0.00198. The number of halogens is 1. The van der Waals surface area contributed by atoms with Gasteiger partial charge in [0.05, 0.1) is 6.04 Å². The third kappa shape index (κ3) is 2.56. The van der Waals surface area contributed by atoms with E-state index in [4.69, 9.17) is 17.3 Å². The van der Waals surface area contributed by atoms with Gasteiger partial charge in [-0.1, -0.05) is 0 Å². The Morgan fingerprint density at radius 2 is 2.25 bits per heavy atom. The molecule has 0 saturated carbocycles. The van der Waals surface area contributed by atoms with E-state index in [0.29, 0.717) is 5.95 Å². The monoisotopic (exact) mass is 256 g/mol. The fourth-order valence-corrected chi connectivity index (χ4v) is 1.95. The van der Waals surface area contributed by atoms with Crippen molar-refractivity contribution < 1.29 is 0 Å². The second kappa shape index (κ2) is 4.58. The van der Waals surface area contributed by atoms with Gasteiger partial charge in [0.2, 0.25) is 17.2 Å². The molecule has 3 N–H and O–H groups in total. The first-order valence-corrected chi connectivity index (χ1v) is 5.74. The maximum absolute atomic E-state index is 5.66. The smallest absolute Gasteiger partial charge is 0.229 e. The number of hydrogen-bond donors (Lipinski definition) is 2. The predicted molar refractivity (Wildman–Crippen MR) is 63.4 cm³/mol. The summed E-state index contributed by atoms with van der Waals surface area (Å²) in [5, 5.41) is 5.96. The Hall–Kier alpha value is -1.47. The minimum atomic E-state index is -0.00198. The summed E-state index contributed by atoms with van der Waals surface area (Å²) in [5.41, 5.74) is 5.45. The van der Waals surface area contributed by atoms with E-state index in [1.807, 2.05) is 12.3 Å². The zero-order valence-corrected chi connectivity index (χ0v) is 9.96. The van der Waals surface area contributed by atoms with Crippen molar-refractivity contribution in [2.45, 2.75) is 13.0 Å². The van der Waals surface area contributed by atoms with Gasteiger partial charge >= 0.3 is 0 Å². The molecule has 0 aliphatic carbocycles. The minimum absolute atomic E-state index is 0.00198. The van der Waals surface area contributed by atoms with Gasteiger partial charge in [0.1, 0.15) is 5.01 Å². The van der Waals surface area contributed by atoms with Gasteiger partial charge < -0.3 is 11.1 Å². The van der Waals surface area contributed by atoms with Gasteiger partial charge in [-0.05, 0) is 18.5 Å². The number of hydrogen-bond acceptors (Lipinski definition) is 7. The van der Waals surface area contributed by atoms with Gasteiger partial charge in [-0.2, -0.15) is 15.0 Å². The summed E-state index contributed by atoms with van der Waals surface area (Å²) in [6.07, 6.45) is 1.74. The number of thiazole rings is 1. The van der Waals surface area contributed by atoms with Crippen LogP contribution in [0.5, 0.6) is 0 Å². The summed E-state index contributed by atoms with van der Waals surface area (Å²) in [7, 11) is 0. The first-order valence-electron chi connectivity index (χ1n) is 4.48. The lowest BCUT2D eigenvalue weighted by Crippen LogP contribution is -2.11. The van der Waals surface area contributed by atoms with Gasteiger partial charge in [0, 0.05) is 11.6 Å². The Balaban J connectivity index is 2.15. The van der Waals surface area contributed by atoms with E-state index < -0.39 is 0 Å². The van der Waals surface area contributed by atoms with Crippen LogP contribution in [0.3, 0.4) is 0 Å². The quantitative estimate of drug-likeness (QED) is 0.869. The molecule has 0 spiro atoms. The van der Waals surface area contributed by atoms with Crippen molar-refractivity contribution in [2.24, 2.45) is 0 Å². The average molecular weight is 257 g/mol. The number of aromatic nitrogens is 4. The molecule has 0 aliphatic heterocycles. The van der Waals surface area contributed by atoms with Crippen LogP contribution in [0.4, 0.5) is 11.9 Å². The van der Waals surface area contributed by atoms with Crippen LogP contribution in [0.2, 0.25) is 5.28 Å². The molecule has 2 heterocycles. The molecule has 2 aromatic heterocycles. The third-order valence-electron chi connectivity index (χ3n) is 1.79. The molecule has 16 heavy (non-hydrogen) atoms. The molecule has 0 aromatic carbocycles. The number of nitrogens with one attached hydrogen (secondary N) is 1. The zero-order valence-electron chi connectivity index (χ0n) is 8.38. The lowest BCUT2D eigenvalue weighted by atomic mass is 10.4. The van der Waals surface area contributed by atoms with Crippen molar-refractivity contribution in [3.05, 3.63) is 21.9 Å². The van der Waals surface area contributed by atoms with Crippen LogP contribution in [0.1, 0.15) is 18.0 Å². The number of anilines is 2. The van der Waals surface area contributed by atoms with E-state index in [-0.39, 0.29) is 17.3 Å². The molecule has 2 rings (SSSR count). The highest BCUT2D eigenvalue weighted by Gasteiger charge is 2.10. The van der Waals surface area contributed by atoms with Crippen LogP contribution < -0.4 is 11.1 Å². The number of rotatable bonds is 3. The molecule has 1 atom stereocenters. The Labute approximate surface area is 101 Å². The molecular formula is C8H9ClN6S. The molecule has 2 aromatic rings. The van der Waals surface area contributed by atoms with Crippen LogP contribution in [0.15, 0.2) is 11.6 Å². The lowest BCUT2D eigenvalue weighted by Gasteiger charge is -2.10. The molecule has 0 bridgehead atoms. The highest BCUT2D eigenvalue weighted by molar-refractivity contribution is 7.09. The predicted octanol–water partition coefficient (Wildman–Crippen LogP) is 1.74. The van der Waals surface area contributed by atoms with Crippen molar-refractivity contribution in [2.75, 3.05) is 11.1 Å². The van der Waals surface area contributed by atoms with Gasteiger partial charge in [0.25, 0.3) is 0 Å². The highest BCUT2D eigenvalue weighted by Crippen LogP contribution is 2.19. The molecule has 84 valence electrons. The summed E-state index contributed by atoms with van der Waals surface area (Å²) in [4.78, 5) is 15.7. The molecule has 0 aliphatic rings. The van der Waals surface area contributed by atoms with Crippen LogP contribution in [0, 0.1) is 0 Å². The van der Waals surface area contributed by atoms with Crippen LogP contribution >= 0.6 is 22.9 Å². The Morgan fingerprint density at radius 3 is 2.88 bits per heavy atom. The van der Waals surface area contributed by atoms with E-state index in [2.05, 4.69) is 25.3 Å². The summed E-state index contributed by atoms with van der Waals surface area (Å²) in [5.74, 6) is 0.439. The zero-order chi connectivity index (χ0) is 11.5. The fourth-order valence-electron chi connectivity index (χ4n) is 1.13. The van der Waals surface area contributed by atoms with Gasteiger partial charge in [-0.3, -0.25) is 0 Å². The van der Waals surface area contributed by atoms with Crippen LogP contribution in [0.25, 0.3) is 0 Å². The van der Waals surface area contributed by atoms with Crippen molar-refractivity contribution in [1.29, 1.82) is 0 Å².